The summed E-state index contributed by atoms with van der Waals surface area (Å²) in [4.78, 5) is 40.6. The van der Waals surface area contributed by atoms with E-state index in [-0.39, 0.29) is 41.5 Å². The number of amides is 2. The molecule has 0 radical (unpaired) electrons. The Balaban J connectivity index is 1.97. The average Bonchev–Trinajstić information content (AvgIpc) is 2.78. The highest BCUT2D eigenvalue weighted by Gasteiger charge is 2.28. The average molecular weight is 440 g/mol. The van der Waals surface area contributed by atoms with Gasteiger partial charge in [0.05, 0.1) is 0 Å². The Morgan fingerprint density at radius 1 is 1.16 bits per heavy atom. The maximum absolute atomic E-state index is 13.4. The van der Waals surface area contributed by atoms with E-state index in [0.29, 0.717) is 32.5 Å². The molecule has 0 spiro atoms. The standard InChI is InChI=1S/C25H33N3O4/c1-17(2)18(3)26-24(30)23-21-11-13-27(22(29)16-32-4)14-20(21)15-28(25(23)31)12-10-19-8-6-5-7-9-19/h5-9,15,17-18H,10-14,16H2,1-4H3,(H,26,30)/t18-/m0/s1. The van der Waals surface area contributed by atoms with Gasteiger partial charge in [-0.2, -0.15) is 0 Å². The Morgan fingerprint density at radius 2 is 1.88 bits per heavy atom. The molecule has 0 unspecified atom stereocenters. The van der Waals surface area contributed by atoms with Gasteiger partial charge in [0.1, 0.15) is 12.2 Å². The number of carbonyl (C=O) groups is 2. The Hall–Kier alpha value is -2.93. The first kappa shape index (κ1) is 23.7. The van der Waals surface area contributed by atoms with Crippen LogP contribution in [0.1, 0.15) is 47.8 Å². The van der Waals surface area contributed by atoms with Crippen molar-refractivity contribution < 1.29 is 14.3 Å². The highest BCUT2D eigenvalue weighted by molar-refractivity contribution is 5.96. The van der Waals surface area contributed by atoms with E-state index in [0.717, 1.165) is 16.7 Å². The molecule has 32 heavy (non-hydrogen) atoms. The van der Waals surface area contributed by atoms with Gasteiger partial charge in [-0.15, -0.1) is 0 Å². The van der Waals surface area contributed by atoms with Gasteiger partial charge in [-0.1, -0.05) is 44.2 Å². The molecule has 1 aliphatic rings. The van der Waals surface area contributed by atoms with Crippen molar-refractivity contribution in [3.63, 3.8) is 0 Å². The largest absolute Gasteiger partial charge is 0.375 e. The van der Waals surface area contributed by atoms with Gasteiger partial charge in [-0.3, -0.25) is 14.4 Å². The van der Waals surface area contributed by atoms with Crippen LogP contribution in [-0.2, 0) is 35.5 Å². The minimum Gasteiger partial charge on any atom is -0.375 e. The number of rotatable bonds is 8. The van der Waals surface area contributed by atoms with Gasteiger partial charge in [0.15, 0.2) is 0 Å². The molecule has 1 aliphatic heterocycles. The molecule has 0 fully saturated rings. The lowest BCUT2D eigenvalue weighted by Gasteiger charge is -2.30. The summed E-state index contributed by atoms with van der Waals surface area (Å²) in [6.07, 6.45) is 2.96. The second-order valence-corrected chi connectivity index (χ2v) is 8.75. The highest BCUT2D eigenvalue weighted by atomic mass is 16.5. The van der Waals surface area contributed by atoms with Crippen LogP contribution in [-0.4, -0.2) is 47.6 Å². The van der Waals surface area contributed by atoms with E-state index in [1.807, 2.05) is 57.3 Å². The summed E-state index contributed by atoms with van der Waals surface area (Å²) in [5, 5.41) is 2.99. The number of hydrogen-bond acceptors (Lipinski definition) is 4. The number of nitrogens with zero attached hydrogens (tertiary/aromatic N) is 2. The Morgan fingerprint density at radius 3 is 2.53 bits per heavy atom. The lowest BCUT2D eigenvalue weighted by Crippen LogP contribution is -2.44. The van der Waals surface area contributed by atoms with Crippen molar-refractivity contribution in [2.24, 2.45) is 5.92 Å². The fraction of sp³-hybridized carbons (Fsp3) is 0.480. The van der Waals surface area contributed by atoms with Gasteiger partial charge in [0.25, 0.3) is 11.5 Å². The third kappa shape index (κ3) is 5.46. The van der Waals surface area contributed by atoms with E-state index in [4.69, 9.17) is 4.74 Å². The van der Waals surface area contributed by atoms with Crippen molar-refractivity contribution in [3.8, 4) is 0 Å². The molecule has 0 saturated heterocycles. The monoisotopic (exact) mass is 439 g/mol. The van der Waals surface area contributed by atoms with Gasteiger partial charge in [0.2, 0.25) is 5.91 Å². The predicted octanol–water partition coefficient (Wildman–Crippen LogP) is 2.40. The zero-order valence-corrected chi connectivity index (χ0v) is 19.4. The summed E-state index contributed by atoms with van der Waals surface area (Å²) in [6, 6.07) is 9.88. The summed E-state index contributed by atoms with van der Waals surface area (Å²) in [5.74, 6) is -0.182. The molecule has 2 amide bonds. The summed E-state index contributed by atoms with van der Waals surface area (Å²) in [6.45, 7) is 7.30. The van der Waals surface area contributed by atoms with Crippen LogP contribution < -0.4 is 10.9 Å². The van der Waals surface area contributed by atoms with Gasteiger partial charge < -0.3 is 19.5 Å². The fourth-order valence-electron chi connectivity index (χ4n) is 3.88. The van der Waals surface area contributed by atoms with Crippen LogP contribution in [0.4, 0.5) is 0 Å². The number of aromatic nitrogens is 1. The number of carbonyl (C=O) groups excluding carboxylic acids is 2. The fourth-order valence-corrected chi connectivity index (χ4v) is 3.88. The van der Waals surface area contributed by atoms with Crippen LogP contribution in [0.2, 0.25) is 0 Å². The molecule has 7 nitrogen and oxygen atoms in total. The molecule has 3 rings (SSSR count). The molecule has 1 N–H and O–H groups in total. The van der Waals surface area contributed by atoms with E-state index >= 15 is 0 Å². The van der Waals surface area contributed by atoms with Crippen LogP contribution in [0.3, 0.4) is 0 Å². The zero-order valence-electron chi connectivity index (χ0n) is 19.4. The van der Waals surface area contributed by atoms with E-state index in [9.17, 15) is 14.4 Å². The summed E-state index contributed by atoms with van der Waals surface area (Å²) >= 11 is 0. The molecule has 172 valence electrons. The van der Waals surface area contributed by atoms with E-state index in [1.54, 1.807) is 9.47 Å². The normalized spacial score (nSPS) is 14.2. The number of fused-ring (bicyclic) bond motifs is 1. The van der Waals surface area contributed by atoms with Crippen molar-refractivity contribution in [3.05, 3.63) is 69.1 Å². The molecular formula is C25H33N3O4. The molecule has 0 bridgehead atoms. The lowest BCUT2D eigenvalue weighted by molar-refractivity contribution is -0.136. The molecule has 2 heterocycles. The van der Waals surface area contributed by atoms with E-state index in [2.05, 4.69) is 5.32 Å². The quantitative estimate of drug-likeness (QED) is 0.685. The van der Waals surface area contributed by atoms with Crippen LogP contribution >= 0.6 is 0 Å². The van der Waals surface area contributed by atoms with Crippen molar-refractivity contribution in [2.45, 2.75) is 52.7 Å². The number of methoxy groups -OCH3 is 1. The van der Waals surface area contributed by atoms with Gasteiger partial charge in [-0.05, 0) is 42.4 Å². The number of aryl methyl sites for hydroxylation is 2. The first-order valence-corrected chi connectivity index (χ1v) is 11.2. The number of benzene rings is 1. The maximum Gasteiger partial charge on any atom is 0.263 e. The zero-order chi connectivity index (χ0) is 23.3. The minimum atomic E-state index is -0.335. The minimum absolute atomic E-state index is 0.0161. The van der Waals surface area contributed by atoms with Crippen LogP contribution in [0.5, 0.6) is 0 Å². The van der Waals surface area contributed by atoms with Crippen molar-refractivity contribution in [1.82, 2.24) is 14.8 Å². The Labute approximate surface area is 189 Å². The molecule has 1 atom stereocenters. The topological polar surface area (TPSA) is 80.6 Å². The molecule has 0 aliphatic carbocycles. The van der Waals surface area contributed by atoms with E-state index < -0.39 is 0 Å². The second kappa shape index (κ2) is 10.6. The lowest BCUT2D eigenvalue weighted by atomic mass is 9.95. The maximum atomic E-state index is 13.4. The third-order valence-corrected chi connectivity index (χ3v) is 6.16. The van der Waals surface area contributed by atoms with Crippen LogP contribution in [0.15, 0.2) is 41.3 Å². The first-order chi connectivity index (χ1) is 15.3. The second-order valence-electron chi connectivity index (χ2n) is 8.75. The number of ether oxygens (including phenoxy) is 1. The summed E-state index contributed by atoms with van der Waals surface area (Å²) in [7, 11) is 1.50. The first-order valence-electron chi connectivity index (χ1n) is 11.2. The molecule has 0 saturated carbocycles. The van der Waals surface area contributed by atoms with Gasteiger partial charge >= 0.3 is 0 Å². The Bertz CT molecular complexity index is 1010. The molecule has 1 aromatic carbocycles. The predicted molar refractivity (Wildman–Crippen MR) is 124 cm³/mol. The molecule has 7 heteroatoms. The van der Waals surface area contributed by atoms with Gasteiger partial charge in [-0.25, -0.2) is 0 Å². The molecular weight excluding hydrogens is 406 g/mol. The highest BCUT2D eigenvalue weighted by Crippen LogP contribution is 2.21. The molecule has 2 aromatic rings. The summed E-state index contributed by atoms with van der Waals surface area (Å²) in [5.41, 5.74) is 2.65. The molecule has 1 aromatic heterocycles. The smallest absolute Gasteiger partial charge is 0.263 e. The number of nitrogens with one attached hydrogen (secondary N) is 1. The summed E-state index contributed by atoms with van der Waals surface area (Å²) < 4.78 is 6.61. The van der Waals surface area contributed by atoms with Crippen LogP contribution in [0, 0.1) is 5.92 Å². The van der Waals surface area contributed by atoms with Crippen molar-refractivity contribution in [2.75, 3.05) is 20.3 Å². The van der Waals surface area contributed by atoms with Crippen molar-refractivity contribution in [1.29, 1.82) is 0 Å². The number of hydrogen-bond donors (Lipinski definition) is 1. The number of pyridine rings is 1. The van der Waals surface area contributed by atoms with Crippen molar-refractivity contribution >= 4 is 11.8 Å². The SMILES string of the molecule is COCC(=O)N1CCc2c(cn(CCc3ccccc3)c(=O)c2C(=O)N[C@@H](C)C(C)C)C1. The Kier molecular flexibility index (Phi) is 7.85. The van der Waals surface area contributed by atoms with E-state index in [1.165, 1.54) is 7.11 Å². The van der Waals surface area contributed by atoms with Crippen LogP contribution in [0.25, 0.3) is 0 Å². The third-order valence-electron chi connectivity index (χ3n) is 6.16. The van der Waals surface area contributed by atoms with Gasteiger partial charge in [0, 0.05) is 39.0 Å².